The maximum absolute atomic E-state index is 11.6. The molecule has 2 aromatic rings. The van der Waals surface area contributed by atoms with Crippen LogP contribution in [0.2, 0.25) is 4.34 Å². The van der Waals surface area contributed by atoms with E-state index in [1.807, 2.05) is 0 Å². The molecule has 0 fully saturated rings. The lowest BCUT2D eigenvalue weighted by molar-refractivity contribution is 0.102. The van der Waals surface area contributed by atoms with Crippen molar-refractivity contribution < 1.29 is 4.79 Å². The van der Waals surface area contributed by atoms with Crippen LogP contribution in [0.1, 0.15) is 9.67 Å². The van der Waals surface area contributed by atoms with Crippen molar-refractivity contribution in [2.75, 3.05) is 5.75 Å². The Morgan fingerprint density at radius 2 is 2.40 bits per heavy atom. The number of hydrogen-bond acceptors (Lipinski definition) is 6. The largest absolute Gasteiger partial charge is 0.292 e. The average molecular weight is 277 g/mol. The molecule has 0 aliphatic carbocycles. The van der Waals surface area contributed by atoms with E-state index in [4.69, 9.17) is 11.6 Å². The van der Waals surface area contributed by atoms with E-state index in [1.54, 1.807) is 17.6 Å². The minimum Gasteiger partial charge on any atom is -0.292 e. The molecule has 2 rings (SSSR count). The van der Waals surface area contributed by atoms with E-state index < -0.39 is 0 Å². The predicted molar refractivity (Wildman–Crippen MR) is 64.3 cm³/mol. The summed E-state index contributed by atoms with van der Waals surface area (Å²) < 4.78 is 1.45. The fraction of sp³-hybridized carbons (Fsp3) is 0.125. The molecule has 0 atom stereocenters. The van der Waals surface area contributed by atoms with Crippen LogP contribution in [0.5, 0.6) is 0 Å². The number of nitrogens with zero attached hydrogens (tertiary/aromatic N) is 2. The lowest BCUT2D eigenvalue weighted by atomic mass is 10.4. The first-order valence-corrected chi connectivity index (χ1v) is 6.99. The number of halogens is 1. The number of thioether (sulfide) groups is 1. The highest BCUT2D eigenvalue weighted by Gasteiger charge is 2.10. The molecule has 3 nitrogen and oxygen atoms in total. The molecule has 15 heavy (non-hydrogen) atoms. The van der Waals surface area contributed by atoms with Crippen LogP contribution in [-0.4, -0.2) is 21.7 Å². The third-order valence-corrected chi connectivity index (χ3v) is 4.65. The third-order valence-electron chi connectivity index (χ3n) is 1.51. The molecular weight excluding hydrogens is 272 g/mol. The van der Waals surface area contributed by atoms with Crippen LogP contribution in [0.15, 0.2) is 22.0 Å². The molecule has 0 unspecified atom stereocenters. The van der Waals surface area contributed by atoms with Crippen LogP contribution in [0, 0.1) is 0 Å². The van der Waals surface area contributed by atoms with E-state index in [1.165, 1.54) is 34.4 Å². The summed E-state index contributed by atoms with van der Waals surface area (Å²) >= 11 is 9.88. The Morgan fingerprint density at radius 1 is 1.53 bits per heavy atom. The van der Waals surface area contributed by atoms with Crippen LogP contribution in [0.25, 0.3) is 0 Å². The van der Waals surface area contributed by atoms with Crippen LogP contribution < -0.4 is 0 Å². The molecule has 0 aromatic carbocycles. The molecule has 2 aromatic heterocycles. The van der Waals surface area contributed by atoms with Crippen LogP contribution in [0.3, 0.4) is 0 Å². The molecule has 0 radical (unpaired) electrons. The molecule has 0 N–H and O–H groups in total. The zero-order valence-corrected chi connectivity index (χ0v) is 10.5. The molecule has 78 valence electrons. The molecule has 0 amide bonds. The van der Waals surface area contributed by atoms with Gasteiger partial charge in [0.05, 0.1) is 15.0 Å². The number of aromatic nitrogens is 2. The van der Waals surface area contributed by atoms with Crippen LogP contribution in [-0.2, 0) is 0 Å². The van der Waals surface area contributed by atoms with Crippen molar-refractivity contribution in [3.8, 4) is 0 Å². The summed E-state index contributed by atoms with van der Waals surface area (Å²) in [7, 11) is 0. The molecular formula is C8H5ClN2OS3. The summed E-state index contributed by atoms with van der Waals surface area (Å²) in [5.41, 5.74) is 1.65. The minimum atomic E-state index is 0.0760. The van der Waals surface area contributed by atoms with Crippen molar-refractivity contribution in [1.29, 1.82) is 0 Å². The van der Waals surface area contributed by atoms with Gasteiger partial charge in [-0.3, -0.25) is 4.79 Å². The number of thiophene rings is 1. The monoisotopic (exact) mass is 276 g/mol. The van der Waals surface area contributed by atoms with Gasteiger partial charge in [-0.1, -0.05) is 34.7 Å². The summed E-state index contributed by atoms with van der Waals surface area (Å²) in [6, 6.07) is 3.48. The van der Waals surface area contributed by atoms with Crippen molar-refractivity contribution in [1.82, 2.24) is 10.2 Å². The second-order valence-electron chi connectivity index (χ2n) is 2.52. The van der Waals surface area contributed by atoms with Crippen LogP contribution in [0.4, 0.5) is 0 Å². The van der Waals surface area contributed by atoms with Crippen molar-refractivity contribution >= 4 is 51.8 Å². The Hall–Kier alpha value is -0.430. The number of rotatable bonds is 4. The number of carbonyl (C=O) groups is 1. The van der Waals surface area contributed by atoms with Gasteiger partial charge in [0.2, 0.25) is 0 Å². The Kier molecular flexibility index (Phi) is 3.74. The van der Waals surface area contributed by atoms with Crippen molar-refractivity contribution in [3.05, 3.63) is 26.9 Å². The first-order chi connectivity index (χ1) is 7.25. The standard InChI is InChI=1S/C8H5ClN2OS3/c9-7-2-1-6(15-7)5(12)3-13-8-11-10-4-14-8/h1-2,4H,3H2. The Labute approximate surface area is 103 Å². The highest BCUT2D eigenvalue weighted by Crippen LogP contribution is 2.25. The summed E-state index contributed by atoms with van der Waals surface area (Å²) in [4.78, 5) is 12.3. The summed E-state index contributed by atoms with van der Waals surface area (Å²) in [5.74, 6) is 0.457. The van der Waals surface area contributed by atoms with Crippen LogP contribution >= 0.6 is 46.0 Å². The normalized spacial score (nSPS) is 10.5. The summed E-state index contributed by atoms with van der Waals surface area (Å²) in [6.07, 6.45) is 0. The fourth-order valence-electron chi connectivity index (χ4n) is 0.888. The number of hydrogen-bond donors (Lipinski definition) is 0. The van der Waals surface area contributed by atoms with Gasteiger partial charge < -0.3 is 0 Å². The Bertz CT molecular complexity index is 454. The summed E-state index contributed by atoms with van der Waals surface area (Å²) in [5, 5.41) is 7.54. The zero-order valence-electron chi connectivity index (χ0n) is 7.34. The first-order valence-electron chi connectivity index (χ1n) is 3.93. The second-order valence-corrected chi connectivity index (χ2v) is 6.29. The zero-order chi connectivity index (χ0) is 10.7. The van der Waals surface area contributed by atoms with E-state index >= 15 is 0 Å². The molecule has 7 heteroatoms. The van der Waals surface area contributed by atoms with Gasteiger partial charge in [0.25, 0.3) is 0 Å². The number of carbonyl (C=O) groups excluding carboxylic acids is 1. The topological polar surface area (TPSA) is 42.9 Å². The second kappa shape index (κ2) is 5.07. The first kappa shape index (κ1) is 11.1. The number of Topliss-reactive ketones (excluding diaryl/α,β-unsaturated/α-hetero) is 1. The fourth-order valence-corrected chi connectivity index (χ4v) is 3.33. The lowest BCUT2D eigenvalue weighted by Crippen LogP contribution is -1.98. The van der Waals surface area contributed by atoms with Gasteiger partial charge in [-0.25, -0.2) is 0 Å². The maximum Gasteiger partial charge on any atom is 0.183 e. The third kappa shape index (κ3) is 3.01. The van der Waals surface area contributed by atoms with Crippen molar-refractivity contribution in [2.24, 2.45) is 0 Å². The average Bonchev–Trinajstić information content (AvgIpc) is 2.84. The highest BCUT2D eigenvalue weighted by molar-refractivity contribution is 8.01. The van der Waals surface area contributed by atoms with Gasteiger partial charge in [0.1, 0.15) is 5.51 Å². The van der Waals surface area contributed by atoms with Gasteiger partial charge >= 0.3 is 0 Å². The molecule has 0 saturated heterocycles. The Balaban J connectivity index is 1.93. The van der Waals surface area contributed by atoms with E-state index in [9.17, 15) is 4.79 Å². The predicted octanol–water partition coefficient (Wildman–Crippen LogP) is 3.23. The van der Waals surface area contributed by atoms with Crippen molar-refractivity contribution in [2.45, 2.75) is 4.34 Å². The summed E-state index contributed by atoms with van der Waals surface area (Å²) in [6.45, 7) is 0. The molecule has 0 saturated carbocycles. The van der Waals surface area contributed by atoms with E-state index in [0.29, 0.717) is 15.0 Å². The Morgan fingerprint density at radius 3 is 3.00 bits per heavy atom. The van der Waals surface area contributed by atoms with E-state index in [2.05, 4.69) is 10.2 Å². The van der Waals surface area contributed by atoms with Crippen molar-refractivity contribution in [3.63, 3.8) is 0 Å². The van der Waals surface area contributed by atoms with Gasteiger partial charge in [0, 0.05) is 0 Å². The molecule has 0 bridgehead atoms. The quantitative estimate of drug-likeness (QED) is 0.635. The molecule has 0 spiro atoms. The highest BCUT2D eigenvalue weighted by atomic mass is 35.5. The number of ketones is 1. The van der Waals surface area contributed by atoms with Gasteiger partial charge in [0.15, 0.2) is 10.1 Å². The molecule has 0 aliphatic heterocycles. The van der Waals surface area contributed by atoms with E-state index in [-0.39, 0.29) is 5.78 Å². The molecule has 0 aliphatic rings. The molecule has 2 heterocycles. The maximum atomic E-state index is 11.6. The van der Waals surface area contributed by atoms with Gasteiger partial charge in [-0.05, 0) is 12.1 Å². The SMILES string of the molecule is O=C(CSc1nncs1)c1ccc(Cl)s1. The van der Waals surface area contributed by atoms with E-state index in [0.717, 1.165) is 4.34 Å². The van der Waals surface area contributed by atoms with Gasteiger partial charge in [-0.2, -0.15) is 0 Å². The van der Waals surface area contributed by atoms with Gasteiger partial charge in [-0.15, -0.1) is 21.5 Å². The lowest BCUT2D eigenvalue weighted by Gasteiger charge is -1.93. The smallest absolute Gasteiger partial charge is 0.183 e. The minimum absolute atomic E-state index is 0.0760.